The third-order valence-electron chi connectivity index (χ3n) is 3.83. The van der Waals surface area contributed by atoms with E-state index in [9.17, 15) is 4.79 Å². The van der Waals surface area contributed by atoms with E-state index in [1.165, 1.54) is 5.56 Å². The molecule has 0 aliphatic carbocycles. The zero-order valence-corrected chi connectivity index (χ0v) is 13.4. The fraction of sp³-hybridized carbons (Fsp3) is 0.588. The molecule has 4 heteroatoms. The molecular weight excluding hydrogens is 262 g/mol. The average molecular weight is 289 g/mol. The number of amides is 1. The molecule has 1 aliphatic heterocycles. The standard InChI is InChI=1S/C17H27N3O/c1-14-4-6-15(7-5-14)12-16(21)20-10-8-19(9-11-20)13-17(2,3)18/h4-7H,8-13,18H2,1-3H3. The zero-order valence-electron chi connectivity index (χ0n) is 13.4. The topological polar surface area (TPSA) is 49.6 Å². The molecule has 0 atom stereocenters. The molecule has 1 saturated heterocycles. The first-order valence-corrected chi connectivity index (χ1v) is 7.68. The number of aryl methyl sites for hydroxylation is 1. The maximum absolute atomic E-state index is 12.3. The van der Waals surface area contributed by atoms with E-state index in [2.05, 4.69) is 24.0 Å². The lowest BCUT2D eigenvalue weighted by Crippen LogP contribution is -2.54. The molecule has 0 unspecified atom stereocenters. The number of rotatable bonds is 4. The monoisotopic (exact) mass is 289 g/mol. The predicted octanol–water partition coefficient (Wildman–Crippen LogP) is 1.42. The molecule has 21 heavy (non-hydrogen) atoms. The Kier molecular flexibility index (Phi) is 5.01. The van der Waals surface area contributed by atoms with Crippen LogP contribution in [0.3, 0.4) is 0 Å². The largest absolute Gasteiger partial charge is 0.340 e. The van der Waals surface area contributed by atoms with Crippen molar-refractivity contribution in [1.82, 2.24) is 9.80 Å². The summed E-state index contributed by atoms with van der Waals surface area (Å²) in [5.74, 6) is 0.227. The van der Waals surface area contributed by atoms with Gasteiger partial charge in [0, 0.05) is 38.3 Å². The van der Waals surface area contributed by atoms with Gasteiger partial charge in [-0.25, -0.2) is 0 Å². The summed E-state index contributed by atoms with van der Waals surface area (Å²) in [6.07, 6.45) is 0.503. The SMILES string of the molecule is Cc1ccc(CC(=O)N2CCN(CC(C)(C)N)CC2)cc1. The lowest BCUT2D eigenvalue weighted by molar-refractivity contribution is -0.132. The molecule has 4 nitrogen and oxygen atoms in total. The van der Waals surface area contributed by atoms with Crippen molar-refractivity contribution in [2.45, 2.75) is 32.7 Å². The van der Waals surface area contributed by atoms with Gasteiger partial charge in [-0.1, -0.05) is 29.8 Å². The fourth-order valence-electron chi connectivity index (χ4n) is 2.72. The molecule has 0 bridgehead atoms. The van der Waals surface area contributed by atoms with Gasteiger partial charge in [0.1, 0.15) is 0 Å². The second-order valence-corrected chi connectivity index (χ2v) is 6.81. The number of hydrogen-bond donors (Lipinski definition) is 1. The van der Waals surface area contributed by atoms with Crippen molar-refractivity contribution in [3.63, 3.8) is 0 Å². The molecule has 1 amide bonds. The highest BCUT2D eigenvalue weighted by Crippen LogP contribution is 2.10. The maximum Gasteiger partial charge on any atom is 0.227 e. The molecule has 0 aromatic heterocycles. The Hall–Kier alpha value is -1.39. The smallest absolute Gasteiger partial charge is 0.227 e. The number of nitrogens with zero attached hydrogens (tertiary/aromatic N) is 2. The molecule has 1 aliphatic rings. The zero-order chi connectivity index (χ0) is 15.5. The minimum Gasteiger partial charge on any atom is -0.340 e. The van der Waals surface area contributed by atoms with E-state index in [1.807, 2.05) is 30.9 Å². The molecule has 2 N–H and O–H groups in total. The molecule has 116 valence electrons. The summed E-state index contributed by atoms with van der Waals surface area (Å²) in [5, 5.41) is 0. The van der Waals surface area contributed by atoms with E-state index >= 15 is 0 Å². The van der Waals surface area contributed by atoms with Crippen LogP contribution in [0.15, 0.2) is 24.3 Å². The van der Waals surface area contributed by atoms with Gasteiger partial charge in [0.05, 0.1) is 6.42 Å². The van der Waals surface area contributed by atoms with Gasteiger partial charge in [-0.05, 0) is 26.3 Å². The van der Waals surface area contributed by atoms with Gasteiger partial charge in [-0.3, -0.25) is 9.69 Å². The van der Waals surface area contributed by atoms with Gasteiger partial charge in [-0.2, -0.15) is 0 Å². The van der Waals surface area contributed by atoms with Crippen molar-refractivity contribution in [2.24, 2.45) is 5.73 Å². The third-order valence-corrected chi connectivity index (χ3v) is 3.83. The Morgan fingerprint density at radius 2 is 1.71 bits per heavy atom. The van der Waals surface area contributed by atoms with Crippen LogP contribution in [0, 0.1) is 6.92 Å². The minimum atomic E-state index is -0.173. The number of piperazine rings is 1. The summed E-state index contributed by atoms with van der Waals surface area (Å²) in [6, 6.07) is 8.20. The molecule has 0 spiro atoms. The van der Waals surface area contributed by atoms with E-state index in [0.29, 0.717) is 6.42 Å². The van der Waals surface area contributed by atoms with Gasteiger partial charge in [0.25, 0.3) is 0 Å². The summed E-state index contributed by atoms with van der Waals surface area (Å²) in [7, 11) is 0. The van der Waals surface area contributed by atoms with Crippen LogP contribution >= 0.6 is 0 Å². The Balaban J connectivity index is 1.81. The van der Waals surface area contributed by atoms with E-state index in [4.69, 9.17) is 5.73 Å². The van der Waals surface area contributed by atoms with Crippen molar-refractivity contribution in [3.05, 3.63) is 35.4 Å². The lowest BCUT2D eigenvalue weighted by atomic mass is 10.1. The van der Waals surface area contributed by atoms with E-state index < -0.39 is 0 Å². The predicted molar refractivity (Wildman–Crippen MR) is 86.2 cm³/mol. The minimum absolute atomic E-state index is 0.173. The van der Waals surface area contributed by atoms with Gasteiger partial charge < -0.3 is 10.6 Å². The van der Waals surface area contributed by atoms with Gasteiger partial charge in [-0.15, -0.1) is 0 Å². The molecule has 1 heterocycles. The van der Waals surface area contributed by atoms with Crippen LogP contribution in [0.4, 0.5) is 0 Å². The number of nitrogens with two attached hydrogens (primary N) is 1. The van der Waals surface area contributed by atoms with E-state index in [0.717, 1.165) is 38.3 Å². The second kappa shape index (κ2) is 6.58. The number of benzene rings is 1. The van der Waals surface area contributed by atoms with Crippen molar-refractivity contribution in [2.75, 3.05) is 32.7 Å². The number of carbonyl (C=O) groups is 1. The number of hydrogen-bond acceptors (Lipinski definition) is 3. The van der Waals surface area contributed by atoms with Crippen LogP contribution in [0.5, 0.6) is 0 Å². The third kappa shape index (κ3) is 5.14. The first kappa shape index (κ1) is 16.0. The Morgan fingerprint density at radius 3 is 2.24 bits per heavy atom. The normalized spacial score (nSPS) is 17.0. The summed E-state index contributed by atoms with van der Waals surface area (Å²) >= 11 is 0. The van der Waals surface area contributed by atoms with Crippen molar-refractivity contribution in [1.29, 1.82) is 0 Å². The molecule has 0 radical (unpaired) electrons. The van der Waals surface area contributed by atoms with Gasteiger partial charge in [0.15, 0.2) is 0 Å². The molecule has 0 saturated carbocycles. The molecular formula is C17H27N3O. The summed E-state index contributed by atoms with van der Waals surface area (Å²) in [5.41, 5.74) is 8.20. The summed E-state index contributed by atoms with van der Waals surface area (Å²) < 4.78 is 0. The summed E-state index contributed by atoms with van der Waals surface area (Å²) in [6.45, 7) is 10.5. The maximum atomic E-state index is 12.3. The highest BCUT2D eigenvalue weighted by molar-refractivity contribution is 5.78. The highest BCUT2D eigenvalue weighted by atomic mass is 16.2. The molecule has 2 rings (SSSR count). The average Bonchev–Trinajstić information content (AvgIpc) is 2.40. The number of carbonyl (C=O) groups excluding carboxylic acids is 1. The Labute approximate surface area is 127 Å². The van der Waals surface area contributed by atoms with Crippen LogP contribution in [-0.2, 0) is 11.2 Å². The first-order chi connectivity index (χ1) is 9.83. The fourth-order valence-corrected chi connectivity index (χ4v) is 2.72. The van der Waals surface area contributed by atoms with Crippen molar-refractivity contribution < 1.29 is 4.79 Å². The highest BCUT2D eigenvalue weighted by Gasteiger charge is 2.24. The Morgan fingerprint density at radius 1 is 1.14 bits per heavy atom. The van der Waals surface area contributed by atoms with Crippen LogP contribution in [-0.4, -0.2) is 54.0 Å². The van der Waals surface area contributed by atoms with Crippen LogP contribution in [0.1, 0.15) is 25.0 Å². The molecule has 1 aromatic rings. The quantitative estimate of drug-likeness (QED) is 0.912. The van der Waals surface area contributed by atoms with E-state index in [-0.39, 0.29) is 11.4 Å². The summed E-state index contributed by atoms with van der Waals surface area (Å²) in [4.78, 5) is 16.6. The van der Waals surface area contributed by atoms with Crippen molar-refractivity contribution >= 4 is 5.91 Å². The van der Waals surface area contributed by atoms with Gasteiger partial charge >= 0.3 is 0 Å². The van der Waals surface area contributed by atoms with Gasteiger partial charge in [0.2, 0.25) is 5.91 Å². The van der Waals surface area contributed by atoms with Crippen molar-refractivity contribution in [3.8, 4) is 0 Å². The van der Waals surface area contributed by atoms with Crippen LogP contribution in [0.25, 0.3) is 0 Å². The Bertz CT molecular complexity index is 468. The van der Waals surface area contributed by atoms with E-state index in [1.54, 1.807) is 0 Å². The lowest BCUT2D eigenvalue weighted by Gasteiger charge is -2.37. The van der Waals surface area contributed by atoms with Crippen LogP contribution < -0.4 is 5.73 Å². The molecule has 1 aromatic carbocycles. The molecule has 1 fully saturated rings. The van der Waals surface area contributed by atoms with Crippen LogP contribution in [0.2, 0.25) is 0 Å². The first-order valence-electron chi connectivity index (χ1n) is 7.68. The second-order valence-electron chi connectivity index (χ2n) is 6.81.